The van der Waals surface area contributed by atoms with Crippen LogP contribution in [0.1, 0.15) is 38.7 Å². The summed E-state index contributed by atoms with van der Waals surface area (Å²) in [7, 11) is 0. The minimum absolute atomic E-state index is 0.0956. The third-order valence-corrected chi connectivity index (χ3v) is 4.88. The molecule has 31 heavy (non-hydrogen) atoms. The molecular weight excluding hydrogens is 404 g/mol. The van der Waals surface area contributed by atoms with Gasteiger partial charge >= 0.3 is 6.09 Å². The van der Waals surface area contributed by atoms with E-state index < -0.39 is 42.4 Å². The molecule has 1 aromatic carbocycles. The highest BCUT2D eigenvalue weighted by Crippen LogP contribution is 2.20. The molecule has 1 aliphatic rings. The van der Waals surface area contributed by atoms with Crippen molar-refractivity contribution >= 4 is 23.8 Å². The molecule has 0 bridgehead atoms. The molecule has 0 radical (unpaired) electrons. The number of benzene rings is 1. The number of hydrogen-bond donors (Lipinski definition) is 4. The molecule has 1 aliphatic heterocycles. The zero-order valence-electron chi connectivity index (χ0n) is 17.8. The molecule has 4 N–H and O–H groups in total. The lowest BCUT2D eigenvalue weighted by molar-refractivity contribution is -0.133. The Balaban J connectivity index is 1.96. The Bertz CT molecular complexity index is 770. The Morgan fingerprint density at radius 2 is 1.90 bits per heavy atom. The summed E-state index contributed by atoms with van der Waals surface area (Å²) < 4.78 is 5.35. The van der Waals surface area contributed by atoms with E-state index in [9.17, 15) is 19.2 Å². The maximum atomic E-state index is 12.9. The van der Waals surface area contributed by atoms with E-state index in [2.05, 4.69) is 10.6 Å². The van der Waals surface area contributed by atoms with E-state index in [0.717, 1.165) is 5.56 Å². The Hall–Kier alpha value is -3.14. The molecule has 2 atom stereocenters. The number of hydrogen-bond acceptors (Lipinski definition) is 6. The SMILES string of the molecule is CC(C)CC(NC(=O)[C@H]1CCCN1C(=O)OCc1ccccc1)C(=O)NCC(=O)NO. The van der Waals surface area contributed by atoms with E-state index in [4.69, 9.17) is 9.94 Å². The van der Waals surface area contributed by atoms with Crippen LogP contribution in [0.4, 0.5) is 4.79 Å². The molecule has 0 saturated carbocycles. The van der Waals surface area contributed by atoms with Crippen LogP contribution in [-0.2, 0) is 25.7 Å². The fourth-order valence-electron chi connectivity index (χ4n) is 3.36. The first-order valence-corrected chi connectivity index (χ1v) is 10.3. The van der Waals surface area contributed by atoms with E-state index >= 15 is 0 Å². The van der Waals surface area contributed by atoms with E-state index in [1.54, 1.807) is 0 Å². The number of likely N-dealkylation sites (tertiary alicyclic amines) is 1. The van der Waals surface area contributed by atoms with Crippen molar-refractivity contribution in [2.24, 2.45) is 5.92 Å². The summed E-state index contributed by atoms with van der Waals surface area (Å²) in [5, 5.41) is 13.6. The lowest BCUT2D eigenvalue weighted by atomic mass is 10.0. The molecule has 0 spiro atoms. The Morgan fingerprint density at radius 3 is 2.55 bits per heavy atom. The predicted octanol–water partition coefficient (Wildman–Crippen LogP) is 0.940. The topological polar surface area (TPSA) is 137 Å². The largest absolute Gasteiger partial charge is 0.445 e. The molecule has 170 valence electrons. The first-order chi connectivity index (χ1) is 14.8. The normalized spacial score (nSPS) is 16.5. The molecule has 10 heteroatoms. The van der Waals surface area contributed by atoms with Crippen molar-refractivity contribution in [3.63, 3.8) is 0 Å². The number of nitrogens with one attached hydrogen (secondary N) is 3. The number of carbonyl (C=O) groups excluding carboxylic acids is 4. The second-order valence-electron chi connectivity index (χ2n) is 7.84. The zero-order valence-corrected chi connectivity index (χ0v) is 17.8. The molecule has 0 aromatic heterocycles. The van der Waals surface area contributed by atoms with Crippen LogP contribution in [0.2, 0.25) is 0 Å². The summed E-state index contributed by atoms with van der Waals surface area (Å²) in [6.45, 7) is 3.88. The van der Waals surface area contributed by atoms with Gasteiger partial charge in [-0.3, -0.25) is 24.5 Å². The van der Waals surface area contributed by atoms with Crippen LogP contribution in [0, 0.1) is 5.92 Å². The van der Waals surface area contributed by atoms with Crippen molar-refractivity contribution in [1.82, 2.24) is 21.0 Å². The van der Waals surface area contributed by atoms with Gasteiger partial charge in [-0.25, -0.2) is 10.3 Å². The van der Waals surface area contributed by atoms with Gasteiger partial charge in [0, 0.05) is 6.54 Å². The van der Waals surface area contributed by atoms with Gasteiger partial charge in [0.2, 0.25) is 11.8 Å². The fraction of sp³-hybridized carbons (Fsp3) is 0.524. The highest BCUT2D eigenvalue weighted by atomic mass is 16.6. The Kier molecular flexibility index (Phi) is 9.26. The third-order valence-electron chi connectivity index (χ3n) is 4.88. The third kappa shape index (κ3) is 7.56. The van der Waals surface area contributed by atoms with Crippen molar-refractivity contribution in [1.29, 1.82) is 0 Å². The smallest absolute Gasteiger partial charge is 0.410 e. The van der Waals surface area contributed by atoms with Crippen molar-refractivity contribution in [3.05, 3.63) is 35.9 Å². The summed E-state index contributed by atoms with van der Waals surface area (Å²) >= 11 is 0. The molecule has 2 rings (SSSR count). The van der Waals surface area contributed by atoms with Crippen LogP contribution in [-0.4, -0.2) is 59.1 Å². The standard InChI is InChI=1S/C21H30N4O6/c1-14(2)11-16(19(27)22-12-18(26)24-30)23-20(28)17-9-6-10-25(17)21(29)31-13-15-7-4-3-5-8-15/h3-5,7-8,14,16-17,30H,6,9-13H2,1-2H3,(H,22,27)(H,23,28)(H,24,26)/t16?,17-/m1/s1. The monoisotopic (exact) mass is 434 g/mol. The zero-order chi connectivity index (χ0) is 22.8. The average Bonchev–Trinajstić information content (AvgIpc) is 3.25. The van der Waals surface area contributed by atoms with E-state index in [1.165, 1.54) is 10.4 Å². The van der Waals surface area contributed by atoms with Crippen LogP contribution in [0.25, 0.3) is 0 Å². The number of amides is 4. The van der Waals surface area contributed by atoms with Gasteiger partial charge in [0.05, 0.1) is 6.54 Å². The average molecular weight is 434 g/mol. The Labute approximate surface area is 181 Å². The van der Waals surface area contributed by atoms with Gasteiger partial charge in [0.1, 0.15) is 18.7 Å². The summed E-state index contributed by atoms with van der Waals surface area (Å²) in [5.41, 5.74) is 2.27. The highest BCUT2D eigenvalue weighted by Gasteiger charge is 2.36. The van der Waals surface area contributed by atoms with Crippen LogP contribution in [0.3, 0.4) is 0 Å². The van der Waals surface area contributed by atoms with Gasteiger partial charge in [0.25, 0.3) is 5.91 Å². The lowest BCUT2D eigenvalue weighted by Crippen LogP contribution is -2.54. The molecular formula is C21H30N4O6. The number of hydroxylamine groups is 1. The molecule has 1 saturated heterocycles. The predicted molar refractivity (Wildman–Crippen MR) is 111 cm³/mol. The molecule has 4 amide bonds. The van der Waals surface area contributed by atoms with E-state index in [0.29, 0.717) is 25.8 Å². The van der Waals surface area contributed by atoms with Crippen LogP contribution in [0.15, 0.2) is 30.3 Å². The quantitative estimate of drug-likeness (QED) is 0.337. The summed E-state index contributed by atoms with van der Waals surface area (Å²) in [4.78, 5) is 50.3. The number of ether oxygens (including phenoxy) is 1. The Morgan fingerprint density at radius 1 is 1.19 bits per heavy atom. The molecule has 1 fully saturated rings. The molecule has 1 aromatic rings. The van der Waals surface area contributed by atoms with Gasteiger partial charge < -0.3 is 15.4 Å². The van der Waals surface area contributed by atoms with Gasteiger partial charge in [-0.05, 0) is 30.7 Å². The maximum Gasteiger partial charge on any atom is 0.410 e. The van der Waals surface area contributed by atoms with Gasteiger partial charge in [-0.2, -0.15) is 0 Å². The van der Waals surface area contributed by atoms with Crippen LogP contribution < -0.4 is 16.1 Å². The van der Waals surface area contributed by atoms with Gasteiger partial charge in [-0.15, -0.1) is 0 Å². The van der Waals surface area contributed by atoms with Crippen molar-refractivity contribution < 1.29 is 29.1 Å². The van der Waals surface area contributed by atoms with Gasteiger partial charge in [0.15, 0.2) is 0 Å². The maximum absolute atomic E-state index is 12.9. The molecule has 0 aliphatic carbocycles. The van der Waals surface area contributed by atoms with Crippen LogP contribution in [0.5, 0.6) is 0 Å². The van der Waals surface area contributed by atoms with E-state index in [1.807, 2.05) is 44.2 Å². The molecule has 1 unspecified atom stereocenters. The first kappa shape index (κ1) is 24.1. The van der Waals surface area contributed by atoms with Gasteiger partial charge in [-0.1, -0.05) is 44.2 Å². The van der Waals surface area contributed by atoms with Crippen molar-refractivity contribution in [3.8, 4) is 0 Å². The van der Waals surface area contributed by atoms with Crippen LogP contribution >= 0.6 is 0 Å². The number of rotatable bonds is 9. The van der Waals surface area contributed by atoms with Crippen molar-refractivity contribution in [2.45, 2.75) is 51.8 Å². The minimum Gasteiger partial charge on any atom is -0.445 e. The second-order valence-corrected chi connectivity index (χ2v) is 7.84. The molecule has 10 nitrogen and oxygen atoms in total. The molecule has 1 heterocycles. The highest BCUT2D eigenvalue weighted by molar-refractivity contribution is 5.93. The van der Waals surface area contributed by atoms with E-state index in [-0.39, 0.29) is 12.5 Å². The number of nitrogens with zero attached hydrogens (tertiary/aromatic N) is 1. The minimum atomic E-state index is -0.873. The lowest BCUT2D eigenvalue weighted by Gasteiger charge is -2.26. The summed E-state index contributed by atoms with van der Waals surface area (Å²) in [5.74, 6) is -1.66. The second kappa shape index (κ2) is 11.9. The van der Waals surface area contributed by atoms with Crippen molar-refractivity contribution in [2.75, 3.05) is 13.1 Å². The fourth-order valence-corrected chi connectivity index (χ4v) is 3.36. The summed E-state index contributed by atoms with van der Waals surface area (Å²) in [6.07, 6.45) is 0.889. The number of carbonyl (C=O) groups is 4. The summed E-state index contributed by atoms with van der Waals surface area (Å²) in [6, 6.07) is 7.64. The first-order valence-electron chi connectivity index (χ1n) is 10.3.